The highest BCUT2D eigenvalue weighted by molar-refractivity contribution is 7.10. The van der Waals surface area contributed by atoms with Gasteiger partial charge in [-0.1, -0.05) is 18.2 Å². The molecule has 1 N–H and O–H groups in total. The summed E-state index contributed by atoms with van der Waals surface area (Å²) in [6.07, 6.45) is 1.17. The molecule has 0 aliphatic carbocycles. The van der Waals surface area contributed by atoms with E-state index in [4.69, 9.17) is 0 Å². The molecule has 0 bridgehead atoms. The van der Waals surface area contributed by atoms with Gasteiger partial charge in [0.15, 0.2) is 0 Å². The van der Waals surface area contributed by atoms with Gasteiger partial charge in [-0.05, 0) is 41.6 Å². The highest BCUT2D eigenvalue weighted by Crippen LogP contribution is 2.30. The number of para-hydroxylation sites is 1. The molecule has 2 aromatic heterocycles. The van der Waals surface area contributed by atoms with E-state index in [1.807, 2.05) is 48.7 Å². The van der Waals surface area contributed by atoms with Crippen molar-refractivity contribution in [1.82, 2.24) is 4.98 Å². The van der Waals surface area contributed by atoms with Crippen molar-refractivity contribution in [2.24, 2.45) is 0 Å². The van der Waals surface area contributed by atoms with Gasteiger partial charge in [0.1, 0.15) is 6.10 Å². The van der Waals surface area contributed by atoms with E-state index in [0.717, 1.165) is 22.0 Å². The van der Waals surface area contributed by atoms with E-state index in [9.17, 15) is 5.11 Å². The van der Waals surface area contributed by atoms with Gasteiger partial charge in [0.05, 0.1) is 5.52 Å². The minimum absolute atomic E-state index is 0.581. The van der Waals surface area contributed by atoms with E-state index in [-0.39, 0.29) is 0 Å². The summed E-state index contributed by atoms with van der Waals surface area (Å²) in [5, 5.41) is 13.5. The molecule has 1 aromatic carbocycles. The first kappa shape index (κ1) is 11.4. The molecule has 18 heavy (non-hydrogen) atoms. The molecule has 0 aliphatic rings. The van der Waals surface area contributed by atoms with Crippen LogP contribution in [0.15, 0.2) is 48.0 Å². The zero-order valence-corrected chi connectivity index (χ0v) is 10.8. The lowest BCUT2D eigenvalue weighted by atomic mass is 10.0. The topological polar surface area (TPSA) is 33.1 Å². The van der Waals surface area contributed by atoms with Gasteiger partial charge in [0.2, 0.25) is 0 Å². The van der Waals surface area contributed by atoms with Crippen LogP contribution >= 0.6 is 11.3 Å². The largest absolute Gasteiger partial charge is 0.384 e. The summed E-state index contributed by atoms with van der Waals surface area (Å²) in [5.74, 6) is 0. The van der Waals surface area contributed by atoms with Crippen LogP contribution in [0.1, 0.15) is 22.1 Å². The molecular weight excluding hydrogens is 242 g/mol. The number of thiophene rings is 1. The fourth-order valence-corrected chi connectivity index (χ4v) is 2.87. The predicted molar refractivity (Wildman–Crippen MR) is 74.9 cm³/mol. The molecule has 0 amide bonds. The summed E-state index contributed by atoms with van der Waals surface area (Å²) in [6.45, 7) is 2.05. The van der Waals surface area contributed by atoms with Crippen LogP contribution in [0.4, 0.5) is 0 Å². The maximum absolute atomic E-state index is 10.5. The molecule has 1 unspecified atom stereocenters. The summed E-state index contributed by atoms with van der Waals surface area (Å²) in [6, 6.07) is 11.8. The molecule has 0 aliphatic heterocycles. The Kier molecular flexibility index (Phi) is 2.86. The van der Waals surface area contributed by atoms with Crippen molar-refractivity contribution in [2.45, 2.75) is 13.0 Å². The van der Waals surface area contributed by atoms with Crippen LogP contribution in [0.5, 0.6) is 0 Å². The van der Waals surface area contributed by atoms with Gasteiger partial charge in [0, 0.05) is 16.5 Å². The molecular formula is C15H13NOS. The van der Waals surface area contributed by atoms with Crippen LogP contribution in [0, 0.1) is 6.92 Å². The van der Waals surface area contributed by atoms with Crippen molar-refractivity contribution in [3.05, 3.63) is 64.0 Å². The molecule has 0 fully saturated rings. The van der Waals surface area contributed by atoms with Gasteiger partial charge in [-0.25, -0.2) is 0 Å². The number of hydrogen-bond donors (Lipinski definition) is 1. The lowest BCUT2D eigenvalue weighted by molar-refractivity contribution is 0.222. The van der Waals surface area contributed by atoms with Gasteiger partial charge in [0.25, 0.3) is 0 Å². The normalized spacial score (nSPS) is 12.8. The number of aromatic nitrogens is 1. The van der Waals surface area contributed by atoms with Crippen LogP contribution in [-0.4, -0.2) is 10.1 Å². The average Bonchev–Trinajstić information content (AvgIpc) is 2.84. The molecule has 2 heterocycles. The van der Waals surface area contributed by atoms with E-state index in [1.54, 1.807) is 17.5 Å². The second kappa shape index (κ2) is 4.52. The van der Waals surface area contributed by atoms with Gasteiger partial charge in [-0.15, -0.1) is 11.3 Å². The third-order valence-electron chi connectivity index (χ3n) is 3.04. The molecule has 2 nitrogen and oxygen atoms in total. The molecule has 0 spiro atoms. The molecule has 0 saturated carbocycles. The lowest BCUT2D eigenvalue weighted by Gasteiger charge is -2.12. The van der Waals surface area contributed by atoms with Crippen LogP contribution in [0.25, 0.3) is 10.9 Å². The first-order chi connectivity index (χ1) is 8.75. The summed E-state index contributed by atoms with van der Waals surface area (Å²) in [7, 11) is 0. The Morgan fingerprint density at radius 1 is 1.22 bits per heavy atom. The molecule has 3 heteroatoms. The molecule has 3 rings (SSSR count). The highest BCUT2D eigenvalue weighted by Gasteiger charge is 2.14. The Morgan fingerprint density at radius 2 is 2.06 bits per heavy atom. The number of rotatable bonds is 2. The number of hydrogen-bond acceptors (Lipinski definition) is 3. The van der Waals surface area contributed by atoms with E-state index in [1.165, 1.54) is 4.88 Å². The van der Waals surface area contributed by atoms with E-state index in [0.29, 0.717) is 0 Å². The Balaban J connectivity index is 2.14. The van der Waals surface area contributed by atoms with Crippen molar-refractivity contribution in [2.75, 3.05) is 0 Å². The van der Waals surface area contributed by atoms with Gasteiger partial charge in [-0.2, -0.15) is 0 Å². The van der Waals surface area contributed by atoms with E-state index >= 15 is 0 Å². The number of aliphatic hydroxyl groups excluding tert-OH is 1. The fraction of sp³-hybridized carbons (Fsp3) is 0.133. The monoisotopic (exact) mass is 255 g/mol. The fourth-order valence-electron chi connectivity index (χ4n) is 2.14. The third kappa shape index (κ3) is 1.92. The Labute approximate surface area is 110 Å². The summed E-state index contributed by atoms with van der Waals surface area (Å²) in [4.78, 5) is 5.53. The summed E-state index contributed by atoms with van der Waals surface area (Å²) >= 11 is 1.66. The Hall–Kier alpha value is -1.71. The summed E-state index contributed by atoms with van der Waals surface area (Å²) < 4.78 is 0. The smallest absolute Gasteiger partial charge is 0.106 e. The van der Waals surface area contributed by atoms with Gasteiger partial charge in [-0.3, -0.25) is 4.98 Å². The second-order valence-corrected chi connectivity index (χ2v) is 5.43. The van der Waals surface area contributed by atoms with Crippen LogP contribution < -0.4 is 0 Å². The van der Waals surface area contributed by atoms with Crippen LogP contribution in [-0.2, 0) is 0 Å². The Bertz CT molecular complexity index is 684. The van der Waals surface area contributed by atoms with Gasteiger partial charge < -0.3 is 5.11 Å². The standard InChI is InChI=1S/C15H13NOS/c1-10-8-11(9-18-10)15(17)13-6-7-16-14-5-3-2-4-12(13)14/h2-9,15,17H,1H3. The Morgan fingerprint density at radius 3 is 2.83 bits per heavy atom. The number of aliphatic hydroxyl groups is 1. The summed E-state index contributed by atoms with van der Waals surface area (Å²) in [5.41, 5.74) is 2.79. The lowest BCUT2D eigenvalue weighted by Crippen LogP contribution is -1.99. The first-order valence-electron chi connectivity index (χ1n) is 5.82. The predicted octanol–water partition coefficient (Wildman–Crippen LogP) is 3.69. The van der Waals surface area contributed by atoms with Crippen molar-refractivity contribution in [3.8, 4) is 0 Å². The molecule has 90 valence electrons. The zero-order valence-electron chi connectivity index (χ0n) is 10.00. The van der Waals surface area contributed by atoms with Crippen molar-refractivity contribution < 1.29 is 5.11 Å². The minimum Gasteiger partial charge on any atom is -0.384 e. The van der Waals surface area contributed by atoms with E-state index in [2.05, 4.69) is 4.98 Å². The number of nitrogens with zero attached hydrogens (tertiary/aromatic N) is 1. The third-order valence-corrected chi connectivity index (χ3v) is 3.92. The quantitative estimate of drug-likeness (QED) is 0.757. The number of fused-ring (bicyclic) bond motifs is 1. The van der Waals surface area contributed by atoms with Crippen molar-refractivity contribution in [3.63, 3.8) is 0 Å². The highest BCUT2D eigenvalue weighted by atomic mass is 32.1. The minimum atomic E-state index is -0.581. The zero-order chi connectivity index (χ0) is 12.5. The van der Waals surface area contributed by atoms with Crippen molar-refractivity contribution in [1.29, 1.82) is 0 Å². The van der Waals surface area contributed by atoms with Gasteiger partial charge >= 0.3 is 0 Å². The first-order valence-corrected chi connectivity index (χ1v) is 6.70. The maximum atomic E-state index is 10.5. The molecule has 0 saturated heterocycles. The second-order valence-electron chi connectivity index (χ2n) is 4.31. The molecule has 3 aromatic rings. The number of aryl methyl sites for hydroxylation is 1. The number of pyridine rings is 1. The maximum Gasteiger partial charge on any atom is 0.106 e. The SMILES string of the molecule is Cc1cc(C(O)c2ccnc3ccccc23)cs1. The number of benzene rings is 1. The average molecular weight is 255 g/mol. The van der Waals surface area contributed by atoms with Crippen LogP contribution in [0.3, 0.4) is 0 Å². The van der Waals surface area contributed by atoms with Crippen LogP contribution in [0.2, 0.25) is 0 Å². The van der Waals surface area contributed by atoms with E-state index < -0.39 is 6.10 Å². The van der Waals surface area contributed by atoms with Crippen molar-refractivity contribution >= 4 is 22.2 Å². The molecule has 0 radical (unpaired) electrons. The molecule has 1 atom stereocenters.